The lowest BCUT2D eigenvalue weighted by molar-refractivity contribution is 0.0438. The number of carbonyl (C=O) groups excluding carboxylic acids is 1. The lowest BCUT2D eigenvalue weighted by Gasteiger charge is -2.05. The number of rotatable bonds is 6. The predicted molar refractivity (Wildman–Crippen MR) is 83.8 cm³/mol. The van der Waals surface area contributed by atoms with E-state index in [9.17, 15) is 13.2 Å². The summed E-state index contributed by atoms with van der Waals surface area (Å²) >= 11 is 0. The van der Waals surface area contributed by atoms with Crippen molar-refractivity contribution < 1.29 is 26.8 Å². The van der Waals surface area contributed by atoms with Crippen LogP contribution in [0.25, 0.3) is 11.7 Å². The summed E-state index contributed by atoms with van der Waals surface area (Å²) in [6.45, 7) is -0.254. The number of carbonyl (C=O) groups is 1. The van der Waals surface area contributed by atoms with Crippen molar-refractivity contribution in [2.75, 3.05) is 7.05 Å². The van der Waals surface area contributed by atoms with Crippen molar-refractivity contribution in [1.29, 1.82) is 0 Å². The molecule has 0 amide bonds. The summed E-state index contributed by atoms with van der Waals surface area (Å²) in [7, 11) is -2.37. The molecule has 3 rings (SSSR count). The minimum Gasteiger partial charge on any atom is -0.459 e. The maximum absolute atomic E-state index is 12.1. The molecule has 0 aliphatic carbocycles. The number of esters is 1. The molecule has 1 aromatic carbocycles. The number of ether oxygens (including phenoxy) is 1. The van der Waals surface area contributed by atoms with Crippen LogP contribution in [0, 0.1) is 0 Å². The second-order valence-corrected chi connectivity index (χ2v) is 6.68. The molecule has 2 aromatic heterocycles. The minimum atomic E-state index is -3.65. The molecule has 3 aromatic rings. The maximum Gasteiger partial charge on any atom is 0.338 e. The van der Waals surface area contributed by atoms with E-state index in [1.54, 1.807) is 12.1 Å². The lowest BCUT2D eigenvalue weighted by Crippen LogP contribution is -2.19. The third kappa shape index (κ3) is 3.75. The normalized spacial score (nSPS) is 11.4. The highest BCUT2D eigenvalue weighted by molar-refractivity contribution is 7.89. The van der Waals surface area contributed by atoms with Crippen LogP contribution in [0.15, 0.2) is 56.4 Å². The number of nitrogens with one attached hydrogen (secondary N) is 1. The Labute approximate surface area is 142 Å². The molecule has 0 fully saturated rings. The zero-order valence-corrected chi connectivity index (χ0v) is 13.8. The van der Waals surface area contributed by atoms with Crippen LogP contribution in [0.3, 0.4) is 0 Å². The largest absolute Gasteiger partial charge is 0.459 e. The van der Waals surface area contributed by atoms with E-state index in [4.69, 9.17) is 13.6 Å². The monoisotopic (exact) mass is 363 g/mol. The Morgan fingerprint density at radius 1 is 1.24 bits per heavy atom. The van der Waals surface area contributed by atoms with Gasteiger partial charge in [-0.05, 0) is 37.4 Å². The van der Waals surface area contributed by atoms with Crippen molar-refractivity contribution in [2.24, 2.45) is 0 Å². The van der Waals surface area contributed by atoms with Gasteiger partial charge in [-0.2, -0.15) is 0 Å². The molecule has 25 heavy (non-hydrogen) atoms. The molecule has 10 heteroatoms. The molecule has 2 heterocycles. The number of benzene rings is 1. The molecule has 9 nitrogen and oxygen atoms in total. The van der Waals surface area contributed by atoms with Gasteiger partial charge in [-0.3, -0.25) is 0 Å². The van der Waals surface area contributed by atoms with Crippen LogP contribution in [0.1, 0.15) is 16.2 Å². The first kappa shape index (κ1) is 16.9. The third-order valence-corrected chi connectivity index (χ3v) is 4.59. The van der Waals surface area contributed by atoms with Gasteiger partial charge in [0, 0.05) is 0 Å². The summed E-state index contributed by atoms with van der Waals surface area (Å²) in [6, 6.07) is 8.80. The molecular weight excluding hydrogens is 350 g/mol. The second-order valence-electron chi connectivity index (χ2n) is 4.79. The van der Waals surface area contributed by atoms with E-state index in [0.29, 0.717) is 5.76 Å². The van der Waals surface area contributed by atoms with E-state index in [0.717, 1.165) is 0 Å². The molecule has 0 aliphatic heterocycles. The molecule has 0 bridgehead atoms. The molecule has 0 aliphatic rings. The predicted octanol–water partition coefficient (Wildman–Crippen LogP) is 1.59. The fourth-order valence-corrected chi connectivity index (χ4v) is 2.71. The molecule has 0 radical (unpaired) electrons. The van der Waals surface area contributed by atoms with Crippen molar-refractivity contribution in [3.63, 3.8) is 0 Å². The second kappa shape index (κ2) is 6.87. The van der Waals surface area contributed by atoms with Crippen molar-refractivity contribution in [2.45, 2.75) is 11.5 Å². The van der Waals surface area contributed by atoms with Gasteiger partial charge in [-0.1, -0.05) is 6.07 Å². The fraction of sp³-hybridized carbons (Fsp3) is 0.133. The number of sulfonamides is 1. The SMILES string of the molecule is CNS(=O)(=O)c1cccc(C(=O)OCc2nnc(-c3ccco3)o2)c1. The highest BCUT2D eigenvalue weighted by atomic mass is 32.2. The highest BCUT2D eigenvalue weighted by Crippen LogP contribution is 2.18. The number of aromatic nitrogens is 2. The molecule has 0 saturated heterocycles. The van der Waals surface area contributed by atoms with Crippen LogP contribution < -0.4 is 4.72 Å². The molecule has 0 spiro atoms. The van der Waals surface area contributed by atoms with Gasteiger partial charge in [0.25, 0.3) is 11.8 Å². The van der Waals surface area contributed by atoms with E-state index >= 15 is 0 Å². The number of nitrogens with zero attached hydrogens (tertiary/aromatic N) is 2. The first-order chi connectivity index (χ1) is 12.0. The Bertz CT molecular complexity index is 978. The highest BCUT2D eigenvalue weighted by Gasteiger charge is 2.17. The van der Waals surface area contributed by atoms with Gasteiger partial charge in [-0.25, -0.2) is 17.9 Å². The van der Waals surface area contributed by atoms with Gasteiger partial charge in [-0.15, -0.1) is 10.2 Å². The standard InChI is InChI=1S/C15H13N3O6S/c1-16-25(20,21)11-5-2-4-10(8-11)15(19)23-9-13-17-18-14(24-13)12-6-3-7-22-12/h2-8,16H,9H2,1H3. The Kier molecular flexibility index (Phi) is 4.63. The molecule has 0 atom stereocenters. The van der Waals surface area contributed by atoms with Crippen molar-refractivity contribution >= 4 is 16.0 Å². The summed E-state index contributed by atoms with van der Waals surface area (Å²) in [5.41, 5.74) is 0.0853. The third-order valence-electron chi connectivity index (χ3n) is 3.17. The average Bonchev–Trinajstić information content (AvgIpc) is 3.31. The van der Waals surface area contributed by atoms with Crippen LogP contribution in [-0.4, -0.2) is 31.6 Å². The summed E-state index contributed by atoms with van der Waals surface area (Å²) in [4.78, 5) is 12.0. The summed E-state index contributed by atoms with van der Waals surface area (Å²) in [5, 5.41) is 7.53. The van der Waals surface area contributed by atoms with Gasteiger partial charge in [0.05, 0.1) is 16.7 Å². The Morgan fingerprint density at radius 2 is 2.08 bits per heavy atom. The van der Waals surface area contributed by atoms with Crippen molar-refractivity contribution in [3.8, 4) is 11.7 Å². The fourth-order valence-electron chi connectivity index (χ4n) is 1.93. The topological polar surface area (TPSA) is 125 Å². The van der Waals surface area contributed by atoms with Crippen LogP contribution in [0.5, 0.6) is 0 Å². The minimum absolute atomic E-state index is 0.0395. The average molecular weight is 363 g/mol. The van der Waals surface area contributed by atoms with E-state index in [1.165, 1.54) is 37.6 Å². The first-order valence-electron chi connectivity index (χ1n) is 7.06. The smallest absolute Gasteiger partial charge is 0.338 e. The Hall–Kier alpha value is -2.98. The van der Waals surface area contributed by atoms with E-state index in [1.807, 2.05) is 0 Å². The van der Waals surface area contributed by atoms with Gasteiger partial charge in [0.15, 0.2) is 12.4 Å². The first-order valence-corrected chi connectivity index (χ1v) is 8.55. The zero-order valence-electron chi connectivity index (χ0n) is 13.0. The molecule has 0 unspecified atom stereocenters. The molecule has 130 valence electrons. The van der Waals surface area contributed by atoms with Gasteiger partial charge < -0.3 is 13.6 Å². The maximum atomic E-state index is 12.1. The van der Waals surface area contributed by atoms with Crippen LogP contribution >= 0.6 is 0 Å². The summed E-state index contributed by atoms with van der Waals surface area (Å²) < 4.78 is 41.2. The number of hydrogen-bond acceptors (Lipinski definition) is 8. The van der Waals surface area contributed by atoms with E-state index in [2.05, 4.69) is 14.9 Å². The van der Waals surface area contributed by atoms with Crippen molar-refractivity contribution in [3.05, 3.63) is 54.1 Å². The zero-order chi connectivity index (χ0) is 17.9. The van der Waals surface area contributed by atoms with Crippen LogP contribution in [0.2, 0.25) is 0 Å². The van der Waals surface area contributed by atoms with Gasteiger partial charge in [0.2, 0.25) is 10.0 Å². The van der Waals surface area contributed by atoms with Crippen LogP contribution in [0.4, 0.5) is 0 Å². The summed E-state index contributed by atoms with van der Waals surface area (Å²) in [5.74, 6) is -0.0714. The summed E-state index contributed by atoms with van der Waals surface area (Å²) in [6.07, 6.45) is 1.46. The van der Waals surface area contributed by atoms with E-state index in [-0.39, 0.29) is 28.8 Å². The lowest BCUT2D eigenvalue weighted by atomic mass is 10.2. The van der Waals surface area contributed by atoms with Crippen molar-refractivity contribution in [1.82, 2.24) is 14.9 Å². The Morgan fingerprint density at radius 3 is 2.80 bits per heavy atom. The Balaban J connectivity index is 1.68. The quantitative estimate of drug-likeness (QED) is 0.655. The van der Waals surface area contributed by atoms with E-state index < -0.39 is 16.0 Å². The molecule has 1 N–H and O–H groups in total. The van der Waals surface area contributed by atoms with Gasteiger partial charge >= 0.3 is 5.97 Å². The number of hydrogen-bond donors (Lipinski definition) is 1. The molecular formula is C15H13N3O6S. The van der Waals surface area contributed by atoms with Crippen LogP contribution in [-0.2, 0) is 21.4 Å². The number of furan rings is 1. The van der Waals surface area contributed by atoms with Gasteiger partial charge in [0.1, 0.15) is 0 Å². The molecule has 0 saturated carbocycles.